The quantitative estimate of drug-likeness (QED) is 0.855. The topological polar surface area (TPSA) is 67.9 Å². The minimum absolute atomic E-state index is 0.114. The number of amides is 2. The van der Waals surface area contributed by atoms with Gasteiger partial charge in [0.15, 0.2) is 18.1 Å². The van der Waals surface area contributed by atoms with Crippen LogP contribution in [0, 0.1) is 0 Å². The number of fused-ring (bicyclic) bond motifs is 1. The molecule has 0 bridgehead atoms. The average molecular weight is 380 g/mol. The van der Waals surface area contributed by atoms with Gasteiger partial charge in [-0.1, -0.05) is 30.4 Å². The Hall–Kier alpha value is -3.28. The summed E-state index contributed by atoms with van der Waals surface area (Å²) in [5, 5.41) is 2.85. The van der Waals surface area contributed by atoms with E-state index in [4.69, 9.17) is 9.47 Å². The van der Waals surface area contributed by atoms with Gasteiger partial charge in [-0.15, -0.1) is 0 Å². The van der Waals surface area contributed by atoms with Crippen molar-refractivity contribution in [2.75, 3.05) is 23.9 Å². The Labute approximate surface area is 164 Å². The van der Waals surface area contributed by atoms with Gasteiger partial charge in [-0.05, 0) is 43.7 Å². The zero-order valence-corrected chi connectivity index (χ0v) is 16.3. The third-order valence-electron chi connectivity index (χ3n) is 4.53. The highest BCUT2D eigenvalue weighted by Gasteiger charge is 2.29. The van der Waals surface area contributed by atoms with Crippen molar-refractivity contribution >= 4 is 29.3 Å². The molecule has 0 fully saturated rings. The number of hydrogen-bond donors (Lipinski definition) is 1. The van der Waals surface area contributed by atoms with Crippen LogP contribution in [0.2, 0.25) is 0 Å². The lowest BCUT2D eigenvalue weighted by Gasteiger charge is -2.27. The van der Waals surface area contributed by atoms with Crippen LogP contribution in [0.3, 0.4) is 0 Å². The first kappa shape index (κ1) is 19.5. The maximum atomic E-state index is 13.0. The molecule has 1 aliphatic rings. The summed E-state index contributed by atoms with van der Waals surface area (Å²) in [5.74, 6) is 0.715. The van der Waals surface area contributed by atoms with E-state index in [9.17, 15) is 9.59 Å². The van der Waals surface area contributed by atoms with Crippen molar-refractivity contribution < 1.29 is 19.1 Å². The number of methoxy groups -OCH3 is 1. The van der Waals surface area contributed by atoms with Crippen molar-refractivity contribution in [2.45, 2.75) is 26.3 Å². The van der Waals surface area contributed by atoms with E-state index >= 15 is 0 Å². The van der Waals surface area contributed by atoms with E-state index in [1.165, 1.54) is 0 Å². The Morgan fingerprint density at radius 2 is 2.04 bits per heavy atom. The summed E-state index contributed by atoms with van der Waals surface area (Å²) in [6.45, 7) is 3.63. The molecule has 0 aliphatic carbocycles. The Bertz CT molecular complexity index is 907. The van der Waals surface area contributed by atoms with Crippen molar-refractivity contribution in [1.82, 2.24) is 0 Å². The van der Waals surface area contributed by atoms with Crippen molar-refractivity contribution in [2.24, 2.45) is 0 Å². The zero-order valence-electron chi connectivity index (χ0n) is 16.3. The first-order valence-electron chi connectivity index (χ1n) is 9.18. The van der Waals surface area contributed by atoms with Gasteiger partial charge in [0.05, 0.1) is 18.5 Å². The van der Waals surface area contributed by atoms with E-state index in [1.54, 1.807) is 24.1 Å². The fourth-order valence-corrected chi connectivity index (χ4v) is 3.28. The maximum absolute atomic E-state index is 13.0. The number of nitrogens with zero attached hydrogens (tertiary/aromatic N) is 1. The lowest BCUT2D eigenvalue weighted by atomic mass is 10.1. The molecule has 1 heterocycles. The third-order valence-corrected chi connectivity index (χ3v) is 4.53. The molecular formula is C22H24N2O4. The molecule has 0 saturated carbocycles. The van der Waals surface area contributed by atoms with E-state index in [1.807, 2.05) is 56.3 Å². The second kappa shape index (κ2) is 8.61. The van der Waals surface area contributed by atoms with Crippen LogP contribution < -0.4 is 19.7 Å². The van der Waals surface area contributed by atoms with Gasteiger partial charge >= 0.3 is 0 Å². The van der Waals surface area contributed by atoms with E-state index < -0.39 is 0 Å². The number of allylic oxidation sites excluding steroid dienone is 1. The molecule has 2 aromatic carbocycles. The minimum Gasteiger partial charge on any atom is -0.493 e. The van der Waals surface area contributed by atoms with Gasteiger partial charge in [-0.2, -0.15) is 0 Å². The number of benzene rings is 2. The van der Waals surface area contributed by atoms with Crippen molar-refractivity contribution in [1.29, 1.82) is 0 Å². The zero-order chi connectivity index (χ0) is 20.1. The lowest BCUT2D eigenvalue weighted by molar-refractivity contribution is -0.121. The molecule has 2 amide bonds. The third kappa shape index (κ3) is 4.17. The van der Waals surface area contributed by atoms with Gasteiger partial charge in [0.25, 0.3) is 5.91 Å². The van der Waals surface area contributed by atoms with Crippen molar-refractivity contribution in [3.05, 3.63) is 54.1 Å². The maximum Gasteiger partial charge on any atom is 0.265 e. The predicted molar refractivity (Wildman–Crippen MR) is 110 cm³/mol. The number of hydrogen-bond acceptors (Lipinski definition) is 4. The van der Waals surface area contributed by atoms with Crippen LogP contribution in [0.15, 0.2) is 48.5 Å². The fourth-order valence-electron chi connectivity index (χ4n) is 3.28. The van der Waals surface area contributed by atoms with Crippen molar-refractivity contribution in [3.8, 4) is 11.5 Å². The van der Waals surface area contributed by atoms with Gasteiger partial charge in [-0.25, -0.2) is 0 Å². The standard InChI is InChI=1S/C22H24N2O4/c1-4-7-16-10-11-19(20(13-16)27-3)28-14-22(26)24-15(2)12-21(25)23-17-8-5-6-9-18(17)24/h4-11,13,15H,12,14H2,1-3H3,(H,23,25). The normalized spacial score (nSPS) is 16.3. The highest BCUT2D eigenvalue weighted by Crippen LogP contribution is 2.32. The molecule has 0 radical (unpaired) electrons. The number of nitrogens with one attached hydrogen (secondary N) is 1. The first-order valence-corrected chi connectivity index (χ1v) is 9.18. The second-order valence-corrected chi connectivity index (χ2v) is 6.58. The van der Waals surface area contributed by atoms with Gasteiger partial charge in [0, 0.05) is 12.5 Å². The molecule has 28 heavy (non-hydrogen) atoms. The van der Waals surface area contributed by atoms with Crippen LogP contribution in [0.5, 0.6) is 11.5 Å². The molecule has 6 nitrogen and oxygen atoms in total. The molecule has 3 rings (SSSR count). The number of anilines is 2. The van der Waals surface area contributed by atoms with Crippen LogP contribution >= 0.6 is 0 Å². The Morgan fingerprint density at radius 1 is 1.25 bits per heavy atom. The molecule has 1 aliphatic heterocycles. The highest BCUT2D eigenvalue weighted by molar-refractivity contribution is 6.04. The number of carbonyl (C=O) groups excluding carboxylic acids is 2. The highest BCUT2D eigenvalue weighted by atomic mass is 16.5. The molecule has 6 heteroatoms. The smallest absolute Gasteiger partial charge is 0.265 e. The van der Waals surface area contributed by atoms with Crippen LogP contribution in [-0.4, -0.2) is 31.6 Å². The largest absolute Gasteiger partial charge is 0.493 e. The van der Waals surface area contributed by atoms with Crippen LogP contribution in [0.1, 0.15) is 25.8 Å². The second-order valence-electron chi connectivity index (χ2n) is 6.58. The average Bonchev–Trinajstić information content (AvgIpc) is 2.81. The molecule has 1 unspecified atom stereocenters. The number of ether oxygens (including phenoxy) is 2. The summed E-state index contributed by atoms with van der Waals surface area (Å²) in [4.78, 5) is 26.7. The summed E-state index contributed by atoms with van der Waals surface area (Å²) in [7, 11) is 1.56. The summed E-state index contributed by atoms with van der Waals surface area (Å²) < 4.78 is 11.1. The summed E-state index contributed by atoms with van der Waals surface area (Å²) in [6.07, 6.45) is 4.12. The first-order chi connectivity index (χ1) is 13.5. The number of carbonyl (C=O) groups is 2. The van der Waals surface area contributed by atoms with E-state index in [2.05, 4.69) is 5.32 Å². The Morgan fingerprint density at radius 3 is 2.79 bits per heavy atom. The lowest BCUT2D eigenvalue weighted by Crippen LogP contribution is -2.41. The van der Waals surface area contributed by atoms with E-state index in [0.717, 1.165) is 5.56 Å². The van der Waals surface area contributed by atoms with E-state index in [-0.39, 0.29) is 30.9 Å². The number of rotatable bonds is 5. The number of para-hydroxylation sites is 2. The van der Waals surface area contributed by atoms with Gasteiger partial charge in [-0.3, -0.25) is 9.59 Å². The Balaban J connectivity index is 1.80. The van der Waals surface area contributed by atoms with Crippen LogP contribution in [0.25, 0.3) is 6.08 Å². The summed E-state index contributed by atoms with van der Waals surface area (Å²) in [6, 6.07) is 12.5. The molecule has 0 aromatic heterocycles. The Kier molecular flexibility index (Phi) is 5.99. The van der Waals surface area contributed by atoms with E-state index in [0.29, 0.717) is 22.9 Å². The van der Waals surface area contributed by atoms with Crippen LogP contribution in [-0.2, 0) is 9.59 Å². The molecule has 146 valence electrons. The summed E-state index contributed by atoms with van der Waals surface area (Å²) in [5.41, 5.74) is 2.28. The SMILES string of the molecule is CC=Cc1ccc(OCC(=O)N2c3ccccc3NC(=O)CC2C)c(OC)c1. The van der Waals surface area contributed by atoms with Gasteiger partial charge < -0.3 is 19.7 Å². The van der Waals surface area contributed by atoms with Gasteiger partial charge in [0.2, 0.25) is 5.91 Å². The summed E-state index contributed by atoms with van der Waals surface area (Å²) >= 11 is 0. The van der Waals surface area contributed by atoms with Crippen molar-refractivity contribution in [3.63, 3.8) is 0 Å². The molecule has 1 N–H and O–H groups in total. The van der Waals surface area contributed by atoms with Crippen LogP contribution in [0.4, 0.5) is 11.4 Å². The monoisotopic (exact) mass is 380 g/mol. The minimum atomic E-state index is -0.279. The molecule has 0 spiro atoms. The molecule has 1 atom stereocenters. The molecule has 0 saturated heterocycles. The molecular weight excluding hydrogens is 356 g/mol. The predicted octanol–water partition coefficient (Wildman–Crippen LogP) is 3.87. The molecule has 2 aromatic rings. The fraction of sp³-hybridized carbons (Fsp3) is 0.273. The van der Waals surface area contributed by atoms with Gasteiger partial charge in [0.1, 0.15) is 0 Å².